The first-order valence-electron chi connectivity index (χ1n) is 11.4. The van der Waals surface area contributed by atoms with Crippen molar-refractivity contribution < 1.29 is 28.6 Å². The Hall–Kier alpha value is -3.70. The van der Waals surface area contributed by atoms with E-state index in [0.717, 1.165) is 36.3 Å². The number of ether oxygens (including phenoxy) is 2. The number of aromatic hydroxyl groups is 1. The highest BCUT2D eigenvalue weighted by atomic mass is 32.1. The second-order valence-electron chi connectivity index (χ2n) is 8.41. The Morgan fingerprint density at radius 2 is 1.97 bits per heavy atom. The van der Waals surface area contributed by atoms with Crippen LogP contribution in [0.5, 0.6) is 17.4 Å². The average Bonchev–Trinajstić information content (AvgIpc) is 3.50. The van der Waals surface area contributed by atoms with Crippen LogP contribution in [-0.2, 0) is 27.2 Å². The third-order valence-corrected chi connectivity index (χ3v) is 6.70. The van der Waals surface area contributed by atoms with Gasteiger partial charge in [0.25, 0.3) is 0 Å². The largest absolute Gasteiger partial charge is 0.494 e. The van der Waals surface area contributed by atoms with Gasteiger partial charge in [-0.1, -0.05) is 29.5 Å². The summed E-state index contributed by atoms with van der Waals surface area (Å²) in [5, 5.41) is 15.6. The summed E-state index contributed by atoms with van der Waals surface area (Å²) in [6.45, 7) is 0.769. The first-order chi connectivity index (χ1) is 17.3. The summed E-state index contributed by atoms with van der Waals surface area (Å²) in [7, 11) is 1.27. The lowest BCUT2D eigenvalue weighted by Crippen LogP contribution is -2.49. The van der Waals surface area contributed by atoms with Gasteiger partial charge in [0.05, 0.1) is 18.0 Å². The number of esters is 1. The van der Waals surface area contributed by atoms with Crippen LogP contribution in [0.25, 0.3) is 0 Å². The standard InChI is InChI=1S/C25H26FN3O6S/c1-34-24(32)19(28-22(30)18-3-2-10-27-18)12-14-4-7-16(8-5-14)35-20-9-6-15(11-17(20)26)13-21-23(31)29-25(33)36-21/h4-9,11,18-19,27,31H,2-3,10,12-13H2,1H3,(H,28,30)(H,29,33). The molecule has 36 heavy (non-hydrogen) atoms. The number of H-pyrrole nitrogens is 1. The zero-order valence-electron chi connectivity index (χ0n) is 19.5. The number of thiazole rings is 1. The highest BCUT2D eigenvalue weighted by molar-refractivity contribution is 7.09. The van der Waals surface area contributed by atoms with Crippen molar-refractivity contribution in [3.8, 4) is 17.4 Å². The predicted molar refractivity (Wildman–Crippen MR) is 131 cm³/mol. The van der Waals surface area contributed by atoms with Gasteiger partial charge in [0.1, 0.15) is 11.8 Å². The van der Waals surface area contributed by atoms with Crippen LogP contribution in [0.4, 0.5) is 4.39 Å². The summed E-state index contributed by atoms with van der Waals surface area (Å²) in [4.78, 5) is 38.3. The van der Waals surface area contributed by atoms with Crippen LogP contribution in [-0.4, -0.2) is 47.7 Å². The summed E-state index contributed by atoms with van der Waals surface area (Å²) in [5.41, 5.74) is 1.34. The van der Waals surface area contributed by atoms with Crippen molar-refractivity contribution in [1.82, 2.24) is 15.6 Å². The van der Waals surface area contributed by atoms with Crippen molar-refractivity contribution in [3.05, 3.63) is 74.0 Å². The Bertz CT molecular complexity index is 1280. The summed E-state index contributed by atoms with van der Waals surface area (Å²) < 4.78 is 25.1. The second-order valence-corrected chi connectivity index (χ2v) is 9.48. The molecule has 2 aromatic carbocycles. The summed E-state index contributed by atoms with van der Waals surface area (Å²) in [6.07, 6.45) is 2.06. The minimum Gasteiger partial charge on any atom is -0.494 e. The molecule has 0 aliphatic carbocycles. The fourth-order valence-electron chi connectivity index (χ4n) is 3.97. The lowest BCUT2D eigenvalue weighted by Gasteiger charge is -2.19. The first-order valence-corrected chi connectivity index (χ1v) is 12.2. The lowest BCUT2D eigenvalue weighted by atomic mass is 10.0. The molecule has 0 radical (unpaired) electrons. The summed E-state index contributed by atoms with van der Waals surface area (Å²) >= 11 is 0.870. The number of hydrogen-bond donors (Lipinski definition) is 4. The van der Waals surface area contributed by atoms with E-state index in [9.17, 15) is 23.9 Å². The van der Waals surface area contributed by atoms with E-state index < -0.39 is 17.8 Å². The summed E-state index contributed by atoms with van der Waals surface area (Å²) in [5.74, 6) is -1.17. The number of hydrogen-bond acceptors (Lipinski definition) is 8. The molecular weight excluding hydrogens is 489 g/mol. The SMILES string of the molecule is COC(=O)C(Cc1ccc(Oc2ccc(Cc3sc(=O)[nH]c3O)cc2F)cc1)NC(=O)C1CCCN1. The molecule has 1 amide bonds. The van der Waals surface area contributed by atoms with Gasteiger partial charge in [-0.15, -0.1) is 0 Å². The lowest BCUT2D eigenvalue weighted by molar-refractivity contribution is -0.145. The molecule has 9 nitrogen and oxygen atoms in total. The number of aromatic amines is 1. The molecule has 4 N–H and O–H groups in total. The Balaban J connectivity index is 1.38. The third kappa shape index (κ3) is 6.29. The molecule has 3 aromatic rings. The van der Waals surface area contributed by atoms with Crippen LogP contribution in [0.3, 0.4) is 0 Å². The molecule has 2 unspecified atom stereocenters. The molecule has 4 rings (SSSR count). The molecule has 1 saturated heterocycles. The van der Waals surface area contributed by atoms with Gasteiger partial charge < -0.3 is 25.2 Å². The molecule has 1 aromatic heterocycles. The fraction of sp³-hybridized carbons (Fsp3) is 0.320. The Labute approximate surface area is 210 Å². The topological polar surface area (TPSA) is 130 Å². The van der Waals surface area contributed by atoms with E-state index >= 15 is 0 Å². The molecule has 0 saturated carbocycles. The quantitative estimate of drug-likeness (QED) is 0.322. The number of amides is 1. The predicted octanol–water partition coefficient (Wildman–Crippen LogP) is 2.62. The van der Waals surface area contributed by atoms with E-state index in [1.807, 2.05) is 0 Å². The van der Waals surface area contributed by atoms with Crippen LogP contribution in [0, 0.1) is 5.82 Å². The van der Waals surface area contributed by atoms with Crippen molar-refractivity contribution in [2.45, 2.75) is 37.8 Å². The Kier molecular flexibility index (Phi) is 8.01. The molecule has 2 atom stereocenters. The van der Waals surface area contributed by atoms with Crippen molar-refractivity contribution in [1.29, 1.82) is 0 Å². The smallest absolute Gasteiger partial charge is 0.328 e. The van der Waals surface area contributed by atoms with E-state index in [4.69, 9.17) is 9.47 Å². The van der Waals surface area contributed by atoms with E-state index in [2.05, 4.69) is 15.6 Å². The molecule has 1 aliphatic rings. The average molecular weight is 516 g/mol. The number of nitrogens with one attached hydrogen (secondary N) is 3. The minimum absolute atomic E-state index is 0.0155. The fourth-order valence-corrected chi connectivity index (χ4v) is 4.72. The van der Waals surface area contributed by atoms with Crippen molar-refractivity contribution in [2.75, 3.05) is 13.7 Å². The molecule has 1 fully saturated rings. The van der Waals surface area contributed by atoms with Gasteiger partial charge in [-0.2, -0.15) is 0 Å². The van der Waals surface area contributed by atoms with Gasteiger partial charge in [-0.3, -0.25) is 14.6 Å². The molecule has 0 bridgehead atoms. The van der Waals surface area contributed by atoms with E-state index in [-0.39, 0.29) is 41.3 Å². The highest BCUT2D eigenvalue weighted by Crippen LogP contribution is 2.28. The molecule has 11 heteroatoms. The number of aromatic nitrogens is 1. The molecule has 2 heterocycles. The number of carbonyl (C=O) groups excluding carboxylic acids is 2. The molecule has 0 spiro atoms. The minimum atomic E-state index is -0.834. The van der Waals surface area contributed by atoms with E-state index in [1.165, 1.54) is 19.2 Å². The third-order valence-electron chi connectivity index (χ3n) is 5.83. The van der Waals surface area contributed by atoms with E-state index in [0.29, 0.717) is 16.2 Å². The number of methoxy groups -OCH3 is 1. The molecular formula is C25H26FN3O6S. The molecule has 1 aliphatic heterocycles. The number of rotatable bonds is 9. The number of carbonyl (C=O) groups is 2. The molecule has 190 valence electrons. The maximum Gasteiger partial charge on any atom is 0.328 e. The first kappa shape index (κ1) is 25.4. The number of benzene rings is 2. The number of halogens is 1. The summed E-state index contributed by atoms with van der Waals surface area (Å²) in [6, 6.07) is 10.0. The van der Waals surface area contributed by atoms with Crippen molar-refractivity contribution in [2.24, 2.45) is 0 Å². The van der Waals surface area contributed by atoms with Crippen molar-refractivity contribution >= 4 is 23.2 Å². The maximum atomic E-state index is 14.6. The normalized spacial score (nSPS) is 15.9. The van der Waals surface area contributed by atoms with Gasteiger partial charge in [0.2, 0.25) is 11.8 Å². The van der Waals surface area contributed by atoms with Gasteiger partial charge in [0.15, 0.2) is 11.6 Å². The van der Waals surface area contributed by atoms with Crippen LogP contribution < -0.4 is 20.2 Å². The van der Waals surface area contributed by atoms with Gasteiger partial charge in [-0.25, -0.2) is 9.18 Å². The van der Waals surface area contributed by atoms with Crippen LogP contribution in [0.2, 0.25) is 0 Å². The van der Waals surface area contributed by atoms with Crippen LogP contribution >= 0.6 is 11.3 Å². The van der Waals surface area contributed by atoms with Gasteiger partial charge >= 0.3 is 10.8 Å². The van der Waals surface area contributed by atoms with Crippen LogP contribution in [0.1, 0.15) is 28.8 Å². The zero-order valence-corrected chi connectivity index (χ0v) is 20.3. The van der Waals surface area contributed by atoms with E-state index in [1.54, 1.807) is 30.3 Å². The maximum absolute atomic E-state index is 14.6. The van der Waals surface area contributed by atoms with Gasteiger partial charge in [0, 0.05) is 12.8 Å². The van der Waals surface area contributed by atoms with Crippen LogP contribution in [0.15, 0.2) is 47.3 Å². The van der Waals surface area contributed by atoms with Gasteiger partial charge in [-0.05, 0) is 54.8 Å². The Morgan fingerprint density at radius 1 is 1.22 bits per heavy atom. The highest BCUT2D eigenvalue weighted by Gasteiger charge is 2.28. The monoisotopic (exact) mass is 515 g/mol. The second kappa shape index (κ2) is 11.4. The van der Waals surface area contributed by atoms with Crippen molar-refractivity contribution in [3.63, 3.8) is 0 Å². The Morgan fingerprint density at radius 3 is 2.58 bits per heavy atom. The zero-order chi connectivity index (χ0) is 25.7.